The van der Waals surface area contributed by atoms with Crippen molar-refractivity contribution in [2.24, 2.45) is 17.8 Å². The number of anilines is 1. The molecule has 7 rings (SSSR count). The number of alkyl carbamates (subject to hydrolysis) is 1. The van der Waals surface area contributed by atoms with Crippen LogP contribution in [0.3, 0.4) is 0 Å². The molecule has 1 N–H and O–H groups in total. The van der Waals surface area contributed by atoms with Crippen LogP contribution in [0.25, 0.3) is 0 Å². The number of amides is 1. The van der Waals surface area contributed by atoms with Crippen molar-refractivity contribution in [2.75, 3.05) is 44.7 Å². The van der Waals surface area contributed by atoms with E-state index in [1.165, 1.54) is 13.2 Å². The molecule has 1 aromatic heterocycles. The van der Waals surface area contributed by atoms with Crippen molar-refractivity contribution >= 4 is 21.6 Å². The average Bonchev–Trinajstić information content (AvgIpc) is 3.92. The van der Waals surface area contributed by atoms with E-state index in [9.17, 15) is 13.2 Å². The lowest BCUT2D eigenvalue weighted by Crippen LogP contribution is -2.56. The molecule has 276 valence electrons. The van der Waals surface area contributed by atoms with Crippen LogP contribution in [0.5, 0.6) is 0 Å². The SMILES string of the molecule is CCc1nccn1CC(c1cccc(F)c1)(C1CCN(CC2CN(c3ccc(S(=O)(=O)C4CCCC4)cc3)C2)CC1)[C@H]1CCC[C@@H]1NC(=O)OC. The van der Waals surface area contributed by atoms with Gasteiger partial charge in [-0.2, -0.15) is 0 Å². The Bertz CT molecular complexity index is 1750. The van der Waals surface area contributed by atoms with Gasteiger partial charge in [0.2, 0.25) is 0 Å². The van der Waals surface area contributed by atoms with Gasteiger partial charge in [-0.3, -0.25) is 0 Å². The molecule has 2 saturated heterocycles. The predicted molar refractivity (Wildman–Crippen MR) is 197 cm³/mol. The second-order valence-electron chi connectivity index (χ2n) is 15.4. The summed E-state index contributed by atoms with van der Waals surface area (Å²) in [5.74, 6) is 1.73. The van der Waals surface area contributed by atoms with Crippen LogP contribution in [0.15, 0.2) is 65.8 Å². The van der Waals surface area contributed by atoms with Gasteiger partial charge in [-0.1, -0.05) is 38.3 Å². The van der Waals surface area contributed by atoms with E-state index in [-0.39, 0.29) is 28.9 Å². The molecule has 4 aliphatic rings. The third-order valence-corrected chi connectivity index (χ3v) is 14.9. The minimum atomic E-state index is -3.24. The molecule has 2 aliphatic carbocycles. The zero-order valence-electron chi connectivity index (χ0n) is 30.2. The van der Waals surface area contributed by atoms with Crippen LogP contribution in [-0.2, 0) is 33.0 Å². The smallest absolute Gasteiger partial charge is 0.407 e. The number of hydrogen-bond donors (Lipinski definition) is 1. The fourth-order valence-electron chi connectivity index (χ4n) is 10.0. The van der Waals surface area contributed by atoms with Crippen molar-refractivity contribution in [3.8, 4) is 0 Å². The minimum Gasteiger partial charge on any atom is -0.453 e. The summed E-state index contributed by atoms with van der Waals surface area (Å²) in [7, 11) is -1.83. The third-order valence-electron chi connectivity index (χ3n) is 12.6. The Balaban J connectivity index is 1.05. The van der Waals surface area contributed by atoms with Gasteiger partial charge in [0.15, 0.2) is 9.84 Å². The van der Waals surface area contributed by atoms with E-state index in [4.69, 9.17) is 4.74 Å². The van der Waals surface area contributed by atoms with Crippen LogP contribution in [0.1, 0.15) is 76.1 Å². The molecule has 11 heteroatoms. The van der Waals surface area contributed by atoms with E-state index >= 15 is 4.39 Å². The molecular formula is C40H54FN5O4S. The average molecular weight is 720 g/mol. The van der Waals surface area contributed by atoms with Crippen LogP contribution >= 0.6 is 0 Å². The monoisotopic (exact) mass is 719 g/mol. The standard InChI is InChI=1S/C40H54FN5O4S/c1-3-38-42-20-23-45(38)28-40(31-8-6-9-32(41)24-31,36-12-7-13-37(36)43-39(47)50-2)30-18-21-44(22-19-30)25-29-26-46(27-29)33-14-16-35(17-15-33)51(48,49)34-10-4-5-11-34/h6,8-9,14-17,20,23-24,29-30,34,36-37H,3-5,7,10-13,18-19,21-22,25-28H2,1-2H3,(H,43,47)/t36-,37-,40?/m0/s1. The number of methoxy groups -OCH3 is 1. The fraction of sp³-hybridized carbons (Fsp3) is 0.600. The number of halogens is 1. The number of ether oxygens (including phenoxy) is 1. The minimum absolute atomic E-state index is 0.0646. The highest BCUT2D eigenvalue weighted by atomic mass is 32.2. The highest BCUT2D eigenvalue weighted by Crippen LogP contribution is 2.52. The summed E-state index contributed by atoms with van der Waals surface area (Å²) in [4.78, 5) is 22.6. The molecule has 3 heterocycles. The molecule has 0 radical (unpaired) electrons. The first-order valence-electron chi connectivity index (χ1n) is 19.1. The van der Waals surface area contributed by atoms with Gasteiger partial charge in [0.1, 0.15) is 11.6 Å². The Morgan fingerprint density at radius 3 is 2.43 bits per heavy atom. The largest absolute Gasteiger partial charge is 0.453 e. The Morgan fingerprint density at radius 1 is 1.00 bits per heavy atom. The maximum absolute atomic E-state index is 15.1. The van der Waals surface area contributed by atoms with Crippen molar-refractivity contribution in [1.82, 2.24) is 19.8 Å². The molecular weight excluding hydrogens is 666 g/mol. The molecule has 1 amide bonds. The first-order chi connectivity index (χ1) is 24.7. The van der Waals surface area contributed by atoms with Gasteiger partial charge in [-0.15, -0.1) is 0 Å². The number of piperidine rings is 1. The Morgan fingerprint density at radius 2 is 1.75 bits per heavy atom. The van der Waals surface area contributed by atoms with Crippen molar-refractivity contribution in [3.63, 3.8) is 0 Å². The lowest BCUT2D eigenvalue weighted by atomic mass is 9.58. The maximum Gasteiger partial charge on any atom is 0.407 e. The molecule has 4 fully saturated rings. The summed E-state index contributed by atoms with van der Waals surface area (Å²) >= 11 is 0. The maximum atomic E-state index is 15.1. The second kappa shape index (κ2) is 15.3. The number of hydrogen-bond acceptors (Lipinski definition) is 7. The van der Waals surface area contributed by atoms with Gasteiger partial charge < -0.3 is 24.4 Å². The van der Waals surface area contributed by atoms with E-state index in [2.05, 4.69) is 43.9 Å². The summed E-state index contributed by atoms with van der Waals surface area (Å²) in [6, 6.07) is 14.7. The number of imidazole rings is 1. The molecule has 1 unspecified atom stereocenters. The number of benzene rings is 2. The summed E-state index contributed by atoms with van der Waals surface area (Å²) in [5, 5.41) is 2.96. The molecule has 2 saturated carbocycles. The Labute approximate surface area is 302 Å². The van der Waals surface area contributed by atoms with Crippen LogP contribution in [-0.4, -0.2) is 80.1 Å². The van der Waals surface area contributed by atoms with Crippen molar-refractivity contribution in [2.45, 2.75) is 99.3 Å². The Hall–Kier alpha value is -3.44. The number of nitrogens with one attached hydrogen (secondary N) is 1. The van der Waals surface area contributed by atoms with Crippen LogP contribution in [0, 0.1) is 23.6 Å². The van der Waals surface area contributed by atoms with E-state index in [0.29, 0.717) is 17.4 Å². The second-order valence-corrected chi connectivity index (χ2v) is 17.7. The van der Waals surface area contributed by atoms with Crippen LogP contribution in [0.4, 0.5) is 14.9 Å². The van der Waals surface area contributed by atoms with Gasteiger partial charge in [0.25, 0.3) is 0 Å². The number of rotatable bonds is 12. The number of aryl methyl sites for hydroxylation is 1. The third kappa shape index (κ3) is 7.30. The summed E-state index contributed by atoms with van der Waals surface area (Å²) in [5.41, 5.74) is 1.69. The van der Waals surface area contributed by atoms with Gasteiger partial charge in [-0.05, 0) is 105 Å². The van der Waals surface area contributed by atoms with Gasteiger partial charge in [0, 0.05) is 68.1 Å². The number of carbonyl (C=O) groups excluding carboxylic acids is 1. The van der Waals surface area contributed by atoms with E-state index in [1.807, 2.05) is 24.4 Å². The molecule has 51 heavy (non-hydrogen) atoms. The van der Waals surface area contributed by atoms with Gasteiger partial charge in [-0.25, -0.2) is 22.6 Å². The van der Waals surface area contributed by atoms with Crippen molar-refractivity contribution in [3.05, 3.63) is 78.1 Å². The zero-order chi connectivity index (χ0) is 35.6. The number of likely N-dealkylation sites (tertiary alicyclic amines) is 1. The quantitative estimate of drug-likeness (QED) is 0.225. The Kier molecular flexibility index (Phi) is 10.8. The number of carbonyl (C=O) groups is 1. The first kappa shape index (κ1) is 35.9. The zero-order valence-corrected chi connectivity index (χ0v) is 31.0. The number of sulfone groups is 1. The topological polar surface area (TPSA) is 96.8 Å². The molecule has 0 bridgehead atoms. The van der Waals surface area contributed by atoms with Gasteiger partial charge >= 0.3 is 6.09 Å². The lowest BCUT2D eigenvalue weighted by molar-refractivity contribution is 0.0541. The molecule has 9 nitrogen and oxygen atoms in total. The van der Waals surface area contributed by atoms with E-state index in [0.717, 1.165) is 114 Å². The van der Waals surface area contributed by atoms with Crippen molar-refractivity contribution < 1.29 is 22.3 Å². The summed E-state index contributed by atoms with van der Waals surface area (Å²) in [6.07, 6.45) is 12.7. The highest BCUT2D eigenvalue weighted by Gasteiger charge is 2.52. The number of nitrogens with zero attached hydrogens (tertiary/aromatic N) is 4. The summed E-state index contributed by atoms with van der Waals surface area (Å²) in [6.45, 7) is 7.71. The van der Waals surface area contributed by atoms with E-state index < -0.39 is 21.3 Å². The predicted octanol–water partition coefficient (Wildman–Crippen LogP) is 6.61. The van der Waals surface area contributed by atoms with Crippen molar-refractivity contribution in [1.29, 1.82) is 0 Å². The molecule has 3 aromatic rings. The number of aromatic nitrogens is 2. The van der Waals surface area contributed by atoms with E-state index in [1.54, 1.807) is 18.2 Å². The van der Waals surface area contributed by atoms with Gasteiger partial charge in [0.05, 0.1) is 17.3 Å². The fourth-order valence-corrected chi connectivity index (χ4v) is 11.9. The van der Waals surface area contributed by atoms with Crippen LogP contribution < -0.4 is 10.2 Å². The highest BCUT2D eigenvalue weighted by molar-refractivity contribution is 7.92. The molecule has 3 atom stereocenters. The summed E-state index contributed by atoms with van der Waals surface area (Å²) < 4.78 is 48.6. The molecule has 0 spiro atoms. The normalized spacial score (nSPS) is 23.6. The lowest BCUT2D eigenvalue weighted by Gasteiger charge is -2.51. The molecule has 2 aliphatic heterocycles. The first-order valence-corrected chi connectivity index (χ1v) is 20.7. The molecule has 2 aromatic carbocycles. The van der Waals surface area contributed by atoms with Crippen LogP contribution in [0.2, 0.25) is 0 Å².